The Balaban J connectivity index is 1.77. The zero-order valence-electron chi connectivity index (χ0n) is 12.1. The Labute approximate surface area is 123 Å². The summed E-state index contributed by atoms with van der Waals surface area (Å²) in [6.45, 7) is 2.43. The number of piperidine rings is 1. The van der Waals surface area contributed by atoms with Crippen LogP contribution in [0.2, 0.25) is 0 Å². The molecule has 1 aromatic heterocycles. The van der Waals surface area contributed by atoms with E-state index in [1.54, 1.807) is 0 Å². The van der Waals surface area contributed by atoms with Crippen molar-refractivity contribution in [2.75, 3.05) is 31.8 Å². The summed E-state index contributed by atoms with van der Waals surface area (Å²) in [6.07, 6.45) is 4.28. The molecule has 3 heterocycles. The number of benzene rings is 1. The van der Waals surface area contributed by atoms with Gasteiger partial charge in [-0.3, -0.25) is 0 Å². The van der Waals surface area contributed by atoms with E-state index in [2.05, 4.69) is 22.2 Å². The van der Waals surface area contributed by atoms with Crippen molar-refractivity contribution >= 4 is 16.6 Å². The molecular weight excluding hydrogens is 266 g/mol. The molecule has 4 rings (SSSR count). The van der Waals surface area contributed by atoms with Gasteiger partial charge in [-0.25, -0.2) is 4.98 Å². The number of nitrogens with one attached hydrogen (secondary N) is 1. The van der Waals surface area contributed by atoms with Gasteiger partial charge >= 0.3 is 0 Å². The molecule has 5 nitrogen and oxygen atoms in total. The highest BCUT2D eigenvalue weighted by atomic mass is 16.7. The average Bonchev–Trinajstić information content (AvgIpc) is 2.99. The Kier molecular flexibility index (Phi) is 3.07. The summed E-state index contributed by atoms with van der Waals surface area (Å²) in [5, 5.41) is 5.72. The largest absolute Gasteiger partial charge is 0.454 e. The second-order valence-electron chi connectivity index (χ2n) is 5.67. The van der Waals surface area contributed by atoms with Crippen LogP contribution < -0.4 is 19.7 Å². The van der Waals surface area contributed by atoms with Gasteiger partial charge in [0.1, 0.15) is 5.82 Å². The summed E-state index contributed by atoms with van der Waals surface area (Å²) in [4.78, 5) is 6.90. The van der Waals surface area contributed by atoms with Gasteiger partial charge in [0.15, 0.2) is 11.5 Å². The summed E-state index contributed by atoms with van der Waals surface area (Å²) >= 11 is 0. The zero-order valence-corrected chi connectivity index (χ0v) is 12.1. The molecule has 5 heteroatoms. The van der Waals surface area contributed by atoms with E-state index in [9.17, 15) is 0 Å². The van der Waals surface area contributed by atoms with E-state index in [0.29, 0.717) is 12.8 Å². The van der Waals surface area contributed by atoms with Crippen molar-refractivity contribution in [2.24, 2.45) is 0 Å². The predicted octanol–water partition coefficient (Wildman–Crippen LogP) is 2.15. The van der Waals surface area contributed by atoms with Crippen LogP contribution in [0.15, 0.2) is 24.4 Å². The van der Waals surface area contributed by atoms with Gasteiger partial charge in [0.25, 0.3) is 0 Å². The molecule has 2 aliphatic rings. The predicted molar refractivity (Wildman–Crippen MR) is 82.2 cm³/mol. The van der Waals surface area contributed by atoms with Gasteiger partial charge in [0.05, 0.1) is 0 Å². The first-order valence-corrected chi connectivity index (χ1v) is 7.45. The molecule has 2 aromatic rings. The van der Waals surface area contributed by atoms with Crippen LogP contribution in [0.5, 0.6) is 11.5 Å². The van der Waals surface area contributed by atoms with Crippen molar-refractivity contribution in [1.29, 1.82) is 0 Å². The van der Waals surface area contributed by atoms with Crippen molar-refractivity contribution in [2.45, 2.75) is 18.9 Å². The van der Waals surface area contributed by atoms with E-state index in [4.69, 9.17) is 9.47 Å². The summed E-state index contributed by atoms with van der Waals surface area (Å²) in [7, 11) is 2.13. The molecule has 0 radical (unpaired) electrons. The monoisotopic (exact) mass is 285 g/mol. The molecule has 0 amide bonds. The molecule has 1 unspecified atom stereocenters. The molecule has 0 spiro atoms. The van der Waals surface area contributed by atoms with E-state index < -0.39 is 0 Å². The molecular formula is C16H19N3O2. The highest BCUT2D eigenvalue weighted by Gasteiger charge is 2.22. The Bertz CT molecular complexity index is 668. The van der Waals surface area contributed by atoms with Gasteiger partial charge in [-0.15, -0.1) is 0 Å². The number of nitrogens with zero attached hydrogens (tertiary/aromatic N) is 2. The average molecular weight is 285 g/mol. The standard InChI is InChI=1S/C16H19N3O2/c1-19(12-3-2-5-17-9-12)16-13-8-15-14(20-10-21-15)7-11(13)4-6-18-16/h4,6-8,12,17H,2-3,5,9-10H2,1H3. The van der Waals surface area contributed by atoms with Crippen molar-refractivity contribution in [3.63, 3.8) is 0 Å². The lowest BCUT2D eigenvalue weighted by molar-refractivity contribution is 0.174. The lowest BCUT2D eigenvalue weighted by Gasteiger charge is -2.33. The van der Waals surface area contributed by atoms with Gasteiger partial charge in [-0.1, -0.05) is 0 Å². The molecule has 110 valence electrons. The van der Waals surface area contributed by atoms with Crippen molar-refractivity contribution in [1.82, 2.24) is 10.3 Å². The fourth-order valence-electron chi connectivity index (χ4n) is 3.16. The molecule has 0 aliphatic carbocycles. The van der Waals surface area contributed by atoms with E-state index in [1.165, 1.54) is 12.8 Å². The lowest BCUT2D eigenvalue weighted by atomic mass is 10.0. The Morgan fingerprint density at radius 3 is 2.95 bits per heavy atom. The highest BCUT2D eigenvalue weighted by Crippen LogP contribution is 2.38. The molecule has 1 atom stereocenters. The van der Waals surface area contributed by atoms with Crippen LogP contribution in [0.4, 0.5) is 5.82 Å². The van der Waals surface area contributed by atoms with Gasteiger partial charge < -0.3 is 19.7 Å². The number of ether oxygens (including phenoxy) is 2. The molecule has 2 aliphatic heterocycles. The van der Waals surface area contributed by atoms with E-state index in [0.717, 1.165) is 41.2 Å². The number of rotatable bonds is 2. The quantitative estimate of drug-likeness (QED) is 0.916. The zero-order chi connectivity index (χ0) is 14.2. The number of hydrogen-bond donors (Lipinski definition) is 1. The maximum atomic E-state index is 5.51. The normalized spacial score (nSPS) is 20.7. The summed E-state index contributed by atoms with van der Waals surface area (Å²) in [5.41, 5.74) is 0. The summed E-state index contributed by atoms with van der Waals surface area (Å²) < 4.78 is 11.0. The smallest absolute Gasteiger partial charge is 0.231 e. The first kappa shape index (κ1) is 12.7. The first-order valence-electron chi connectivity index (χ1n) is 7.45. The van der Waals surface area contributed by atoms with Crippen molar-refractivity contribution in [3.8, 4) is 11.5 Å². The van der Waals surface area contributed by atoms with E-state index in [-0.39, 0.29) is 0 Å². The van der Waals surface area contributed by atoms with Gasteiger partial charge in [0, 0.05) is 31.2 Å². The SMILES string of the molecule is CN(c1nccc2cc3c(cc12)OCO3)C1CCCNC1. The minimum atomic E-state index is 0.302. The van der Waals surface area contributed by atoms with Crippen LogP contribution in [0.1, 0.15) is 12.8 Å². The number of pyridine rings is 1. The third-order valence-corrected chi connectivity index (χ3v) is 4.39. The Morgan fingerprint density at radius 1 is 1.29 bits per heavy atom. The second kappa shape index (κ2) is 5.07. The molecule has 1 fully saturated rings. The topological polar surface area (TPSA) is 46.6 Å². The second-order valence-corrected chi connectivity index (χ2v) is 5.67. The Morgan fingerprint density at radius 2 is 2.14 bits per heavy atom. The molecule has 0 saturated carbocycles. The summed E-state index contributed by atoms with van der Waals surface area (Å²) in [6, 6.07) is 6.60. The van der Waals surface area contributed by atoms with Crippen molar-refractivity contribution < 1.29 is 9.47 Å². The van der Waals surface area contributed by atoms with Crippen LogP contribution in [0.3, 0.4) is 0 Å². The number of anilines is 1. The first-order chi connectivity index (χ1) is 10.3. The van der Waals surface area contributed by atoms with Crippen LogP contribution in [0.25, 0.3) is 10.8 Å². The molecule has 1 N–H and O–H groups in total. The number of aromatic nitrogens is 1. The number of fused-ring (bicyclic) bond motifs is 2. The van der Waals surface area contributed by atoms with Crippen LogP contribution in [0, 0.1) is 0 Å². The van der Waals surface area contributed by atoms with Gasteiger partial charge in [-0.2, -0.15) is 0 Å². The van der Waals surface area contributed by atoms with Gasteiger partial charge in [0.2, 0.25) is 6.79 Å². The fourth-order valence-corrected chi connectivity index (χ4v) is 3.16. The van der Waals surface area contributed by atoms with Crippen LogP contribution in [-0.2, 0) is 0 Å². The third kappa shape index (κ3) is 2.17. The molecule has 21 heavy (non-hydrogen) atoms. The maximum absolute atomic E-state index is 5.51. The lowest BCUT2D eigenvalue weighted by Crippen LogP contribution is -2.44. The molecule has 0 bridgehead atoms. The van der Waals surface area contributed by atoms with Crippen LogP contribution >= 0.6 is 0 Å². The van der Waals surface area contributed by atoms with E-state index in [1.807, 2.05) is 24.4 Å². The van der Waals surface area contributed by atoms with Crippen molar-refractivity contribution in [3.05, 3.63) is 24.4 Å². The highest BCUT2D eigenvalue weighted by molar-refractivity contribution is 5.94. The fraction of sp³-hybridized carbons (Fsp3) is 0.438. The minimum Gasteiger partial charge on any atom is -0.454 e. The van der Waals surface area contributed by atoms with Crippen LogP contribution in [-0.4, -0.2) is 38.0 Å². The summed E-state index contributed by atoms with van der Waals surface area (Å²) in [5.74, 6) is 2.65. The number of likely N-dealkylation sites (N-methyl/N-ethyl adjacent to an activating group) is 1. The molecule has 1 aromatic carbocycles. The van der Waals surface area contributed by atoms with E-state index >= 15 is 0 Å². The maximum Gasteiger partial charge on any atom is 0.231 e. The molecule has 1 saturated heterocycles. The third-order valence-electron chi connectivity index (χ3n) is 4.39. The minimum absolute atomic E-state index is 0.302. The Hall–Kier alpha value is -2.01. The number of hydrogen-bond acceptors (Lipinski definition) is 5. The van der Waals surface area contributed by atoms with Gasteiger partial charge in [-0.05, 0) is 43.0 Å².